The molecule has 1 N–H and O–H groups in total. The van der Waals surface area contributed by atoms with Crippen molar-refractivity contribution in [2.75, 3.05) is 46.5 Å². The number of likely N-dealkylation sites (tertiary alicyclic amines) is 1. The van der Waals surface area contributed by atoms with Gasteiger partial charge in [-0.25, -0.2) is 0 Å². The predicted molar refractivity (Wildman–Crippen MR) is 79.6 cm³/mol. The van der Waals surface area contributed by atoms with Gasteiger partial charge < -0.3 is 19.7 Å². The monoisotopic (exact) mass is 290 g/mol. The Bertz CT molecular complexity index is 477. The molecule has 0 bridgehead atoms. The van der Waals surface area contributed by atoms with Gasteiger partial charge in [0.15, 0.2) is 0 Å². The van der Waals surface area contributed by atoms with Crippen molar-refractivity contribution in [1.29, 1.82) is 0 Å². The van der Waals surface area contributed by atoms with Crippen LogP contribution in [0.4, 0.5) is 0 Å². The summed E-state index contributed by atoms with van der Waals surface area (Å²) in [7, 11) is 1.64. The molecule has 0 unspecified atom stereocenters. The van der Waals surface area contributed by atoms with Gasteiger partial charge in [0, 0.05) is 38.9 Å². The second kappa shape index (κ2) is 6.45. The molecule has 0 radical (unpaired) electrons. The molecular weight excluding hydrogens is 268 g/mol. The standard InChI is InChI=1S/C16H22N2O3/c1-20-6-7-21-15-4-2-12(3-5-15)16(19)18-10-13-8-17-9-14(13)11-18/h2-5,13-14,17H,6-11H2,1H3/t13-,14+. The third-order valence-corrected chi connectivity index (χ3v) is 4.33. The molecule has 2 fully saturated rings. The molecule has 2 aliphatic heterocycles. The Hall–Kier alpha value is -1.59. The first-order chi connectivity index (χ1) is 10.3. The summed E-state index contributed by atoms with van der Waals surface area (Å²) in [6.45, 7) is 4.92. The quantitative estimate of drug-likeness (QED) is 0.822. The van der Waals surface area contributed by atoms with E-state index in [-0.39, 0.29) is 5.91 Å². The highest BCUT2D eigenvalue weighted by Crippen LogP contribution is 2.27. The van der Waals surface area contributed by atoms with Gasteiger partial charge >= 0.3 is 0 Å². The topological polar surface area (TPSA) is 50.8 Å². The van der Waals surface area contributed by atoms with Crippen molar-refractivity contribution < 1.29 is 14.3 Å². The summed E-state index contributed by atoms with van der Waals surface area (Å²) >= 11 is 0. The van der Waals surface area contributed by atoms with Crippen LogP contribution in [0, 0.1) is 11.8 Å². The van der Waals surface area contributed by atoms with Gasteiger partial charge in [0.25, 0.3) is 5.91 Å². The molecule has 0 saturated carbocycles. The molecule has 0 spiro atoms. The molecule has 2 aliphatic rings. The van der Waals surface area contributed by atoms with E-state index in [1.165, 1.54) is 0 Å². The Kier molecular flexibility index (Phi) is 4.41. The van der Waals surface area contributed by atoms with Crippen LogP contribution in [0.3, 0.4) is 0 Å². The van der Waals surface area contributed by atoms with Crippen molar-refractivity contribution in [2.45, 2.75) is 0 Å². The number of carbonyl (C=O) groups is 1. The largest absolute Gasteiger partial charge is 0.491 e. The van der Waals surface area contributed by atoms with Gasteiger partial charge in [-0.1, -0.05) is 0 Å². The fourth-order valence-corrected chi connectivity index (χ4v) is 3.14. The normalized spacial score (nSPS) is 24.1. The first-order valence-electron chi connectivity index (χ1n) is 7.49. The van der Waals surface area contributed by atoms with E-state index in [1.54, 1.807) is 7.11 Å². The van der Waals surface area contributed by atoms with Crippen molar-refractivity contribution in [1.82, 2.24) is 10.2 Å². The van der Waals surface area contributed by atoms with E-state index in [2.05, 4.69) is 5.32 Å². The van der Waals surface area contributed by atoms with Crippen molar-refractivity contribution in [3.63, 3.8) is 0 Å². The van der Waals surface area contributed by atoms with E-state index in [9.17, 15) is 4.79 Å². The predicted octanol–water partition coefficient (Wildman–Crippen LogP) is 1.00. The minimum absolute atomic E-state index is 0.132. The van der Waals surface area contributed by atoms with E-state index in [1.807, 2.05) is 29.2 Å². The molecule has 114 valence electrons. The molecular formula is C16H22N2O3. The fraction of sp³-hybridized carbons (Fsp3) is 0.562. The zero-order valence-electron chi connectivity index (χ0n) is 12.4. The number of rotatable bonds is 5. The third-order valence-electron chi connectivity index (χ3n) is 4.33. The van der Waals surface area contributed by atoms with Gasteiger partial charge in [0.2, 0.25) is 0 Å². The molecule has 5 heteroatoms. The number of carbonyl (C=O) groups excluding carboxylic acids is 1. The minimum Gasteiger partial charge on any atom is -0.491 e. The number of nitrogens with zero attached hydrogens (tertiary/aromatic N) is 1. The van der Waals surface area contributed by atoms with Crippen molar-refractivity contribution in [2.24, 2.45) is 11.8 Å². The smallest absolute Gasteiger partial charge is 0.253 e. The first-order valence-corrected chi connectivity index (χ1v) is 7.49. The number of amides is 1. The maximum atomic E-state index is 12.5. The van der Waals surface area contributed by atoms with Crippen LogP contribution < -0.4 is 10.1 Å². The zero-order chi connectivity index (χ0) is 14.7. The van der Waals surface area contributed by atoms with Gasteiger partial charge in [-0.3, -0.25) is 4.79 Å². The summed E-state index contributed by atoms with van der Waals surface area (Å²) in [6, 6.07) is 7.39. The highest BCUT2D eigenvalue weighted by atomic mass is 16.5. The number of nitrogens with one attached hydrogen (secondary N) is 1. The van der Waals surface area contributed by atoms with Crippen molar-refractivity contribution in [3.05, 3.63) is 29.8 Å². The maximum absolute atomic E-state index is 12.5. The van der Waals surface area contributed by atoms with E-state index in [0.29, 0.717) is 25.0 Å². The molecule has 1 aromatic carbocycles. The second-order valence-corrected chi connectivity index (χ2v) is 5.75. The summed E-state index contributed by atoms with van der Waals surface area (Å²) in [5.74, 6) is 2.16. The van der Waals surface area contributed by atoms with Crippen LogP contribution >= 0.6 is 0 Å². The van der Waals surface area contributed by atoms with Gasteiger partial charge in [0.1, 0.15) is 12.4 Å². The van der Waals surface area contributed by atoms with Crippen molar-refractivity contribution >= 4 is 5.91 Å². The van der Waals surface area contributed by atoms with Crippen LogP contribution in [0.25, 0.3) is 0 Å². The average molecular weight is 290 g/mol. The summed E-state index contributed by atoms with van der Waals surface area (Å²) in [5.41, 5.74) is 0.738. The first kappa shape index (κ1) is 14.4. The fourth-order valence-electron chi connectivity index (χ4n) is 3.14. The average Bonchev–Trinajstić information content (AvgIpc) is 3.09. The van der Waals surface area contributed by atoms with Crippen LogP contribution in [-0.2, 0) is 4.74 Å². The van der Waals surface area contributed by atoms with Crippen LogP contribution in [0.5, 0.6) is 5.75 Å². The summed E-state index contributed by atoms with van der Waals surface area (Å²) < 4.78 is 10.4. The number of fused-ring (bicyclic) bond motifs is 1. The molecule has 0 aromatic heterocycles. The number of ether oxygens (including phenoxy) is 2. The Labute approximate surface area is 125 Å². The van der Waals surface area contributed by atoms with Gasteiger partial charge in [0.05, 0.1) is 6.61 Å². The lowest BCUT2D eigenvalue weighted by atomic mass is 10.0. The second-order valence-electron chi connectivity index (χ2n) is 5.75. The molecule has 2 heterocycles. The van der Waals surface area contributed by atoms with Gasteiger partial charge in [-0.2, -0.15) is 0 Å². The zero-order valence-corrected chi connectivity index (χ0v) is 12.4. The molecule has 1 amide bonds. The summed E-state index contributed by atoms with van der Waals surface area (Å²) in [6.07, 6.45) is 0. The van der Waals surface area contributed by atoms with E-state index >= 15 is 0 Å². The lowest BCUT2D eigenvalue weighted by Gasteiger charge is -2.17. The Morgan fingerprint density at radius 3 is 2.48 bits per heavy atom. The van der Waals surface area contributed by atoms with E-state index < -0.39 is 0 Å². The SMILES string of the molecule is COCCOc1ccc(C(=O)N2C[C@H]3CNC[C@H]3C2)cc1. The highest BCUT2D eigenvalue weighted by Gasteiger charge is 2.38. The third kappa shape index (κ3) is 3.19. The molecule has 1 aromatic rings. The number of hydrogen-bond donors (Lipinski definition) is 1. The maximum Gasteiger partial charge on any atom is 0.253 e. The Morgan fingerprint density at radius 2 is 1.86 bits per heavy atom. The summed E-state index contributed by atoms with van der Waals surface area (Å²) in [4.78, 5) is 14.5. The number of methoxy groups -OCH3 is 1. The minimum atomic E-state index is 0.132. The molecule has 2 saturated heterocycles. The molecule has 3 rings (SSSR count). The highest BCUT2D eigenvalue weighted by molar-refractivity contribution is 5.94. The Morgan fingerprint density at radius 1 is 1.19 bits per heavy atom. The van der Waals surface area contributed by atoms with Gasteiger partial charge in [-0.15, -0.1) is 0 Å². The molecule has 21 heavy (non-hydrogen) atoms. The lowest BCUT2D eigenvalue weighted by molar-refractivity contribution is 0.0781. The van der Waals surface area contributed by atoms with Crippen LogP contribution in [0.15, 0.2) is 24.3 Å². The van der Waals surface area contributed by atoms with Crippen LogP contribution in [0.2, 0.25) is 0 Å². The molecule has 2 atom stereocenters. The lowest BCUT2D eigenvalue weighted by Crippen LogP contribution is -2.31. The molecule has 0 aliphatic carbocycles. The molecule has 5 nitrogen and oxygen atoms in total. The van der Waals surface area contributed by atoms with Crippen molar-refractivity contribution in [3.8, 4) is 5.75 Å². The van der Waals surface area contributed by atoms with Gasteiger partial charge in [-0.05, 0) is 36.1 Å². The van der Waals surface area contributed by atoms with Crippen LogP contribution in [0.1, 0.15) is 10.4 Å². The summed E-state index contributed by atoms with van der Waals surface area (Å²) in [5, 5.41) is 3.39. The number of benzene rings is 1. The Balaban J connectivity index is 1.57. The number of hydrogen-bond acceptors (Lipinski definition) is 4. The van der Waals surface area contributed by atoms with E-state index in [4.69, 9.17) is 9.47 Å². The van der Waals surface area contributed by atoms with Crippen LogP contribution in [-0.4, -0.2) is 57.3 Å². The van der Waals surface area contributed by atoms with E-state index in [0.717, 1.165) is 37.5 Å².